The maximum absolute atomic E-state index is 11.5. The van der Waals surface area contributed by atoms with Crippen LogP contribution in [0, 0.1) is 0 Å². The fraction of sp³-hybridized carbons (Fsp3) is 0.545. The topological polar surface area (TPSA) is 99.5 Å². The second-order valence-corrected chi connectivity index (χ2v) is 4.66. The maximum atomic E-state index is 11.5. The van der Waals surface area contributed by atoms with Crippen molar-refractivity contribution in [2.75, 3.05) is 5.32 Å². The molecule has 18 heavy (non-hydrogen) atoms. The Morgan fingerprint density at radius 3 is 2.61 bits per heavy atom. The molecule has 0 aliphatic carbocycles. The van der Waals surface area contributed by atoms with Crippen molar-refractivity contribution in [2.45, 2.75) is 38.7 Å². The van der Waals surface area contributed by atoms with E-state index in [0.717, 1.165) is 6.42 Å². The first kappa shape index (κ1) is 14.6. The highest BCUT2D eigenvalue weighted by Gasteiger charge is 2.06. The monoisotopic (exact) mass is 272 g/mol. The number of rotatable bonds is 8. The number of anilines is 1. The van der Waals surface area contributed by atoms with Gasteiger partial charge in [0, 0.05) is 18.2 Å². The van der Waals surface area contributed by atoms with Crippen molar-refractivity contribution in [3.8, 4) is 0 Å². The molecule has 7 heteroatoms. The lowest BCUT2D eigenvalue weighted by molar-refractivity contribution is -0.137. The Morgan fingerprint density at radius 2 is 2.00 bits per heavy atom. The van der Waals surface area contributed by atoms with Crippen LogP contribution in [0.15, 0.2) is 5.38 Å². The highest BCUT2D eigenvalue weighted by molar-refractivity contribution is 7.13. The number of aliphatic carboxylic acids is 1. The van der Waals surface area contributed by atoms with E-state index in [1.54, 1.807) is 5.38 Å². The number of carbonyl (C=O) groups is 2. The molecule has 6 nitrogen and oxygen atoms in total. The van der Waals surface area contributed by atoms with E-state index in [1.165, 1.54) is 11.3 Å². The first-order valence-electron chi connectivity index (χ1n) is 5.68. The molecule has 3 N–H and O–H groups in total. The zero-order chi connectivity index (χ0) is 13.4. The first-order chi connectivity index (χ1) is 8.61. The Kier molecular flexibility index (Phi) is 6.31. The van der Waals surface area contributed by atoms with E-state index in [9.17, 15) is 9.59 Å². The van der Waals surface area contributed by atoms with Crippen LogP contribution in [0.4, 0.5) is 5.13 Å². The van der Waals surface area contributed by atoms with Gasteiger partial charge >= 0.3 is 5.97 Å². The van der Waals surface area contributed by atoms with E-state index in [1.807, 2.05) is 0 Å². The number of nitrogens with one attached hydrogen (secondary N) is 1. The number of aliphatic hydroxyl groups excluding tert-OH is 1. The number of aliphatic hydroxyl groups is 1. The lowest BCUT2D eigenvalue weighted by atomic mass is 10.1. The molecule has 0 fully saturated rings. The van der Waals surface area contributed by atoms with E-state index >= 15 is 0 Å². The normalized spacial score (nSPS) is 10.3. The van der Waals surface area contributed by atoms with Crippen molar-refractivity contribution in [1.82, 2.24) is 4.98 Å². The second-order valence-electron chi connectivity index (χ2n) is 3.80. The molecule has 0 radical (unpaired) electrons. The van der Waals surface area contributed by atoms with Gasteiger partial charge in [0.2, 0.25) is 5.91 Å². The number of hydrogen-bond acceptors (Lipinski definition) is 5. The summed E-state index contributed by atoms with van der Waals surface area (Å²) in [6.07, 6.45) is 2.48. The molecule has 0 saturated carbocycles. The minimum absolute atomic E-state index is 0.135. The molecule has 0 saturated heterocycles. The van der Waals surface area contributed by atoms with Crippen molar-refractivity contribution in [1.29, 1.82) is 0 Å². The molecule has 0 aromatic carbocycles. The van der Waals surface area contributed by atoms with Gasteiger partial charge < -0.3 is 15.5 Å². The quantitative estimate of drug-likeness (QED) is 0.624. The molecular formula is C11H16N2O4S. The molecule has 1 amide bonds. The number of amides is 1. The molecule has 0 spiro atoms. The van der Waals surface area contributed by atoms with Crippen molar-refractivity contribution in [3.63, 3.8) is 0 Å². The molecule has 100 valence electrons. The summed E-state index contributed by atoms with van der Waals surface area (Å²) >= 11 is 1.27. The summed E-state index contributed by atoms with van der Waals surface area (Å²) < 4.78 is 0. The van der Waals surface area contributed by atoms with Crippen LogP contribution in [-0.4, -0.2) is 27.1 Å². The predicted molar refractivity (Wildman–Crippen MR) is 67.4 cm³/mol. The summed E-state index contributed by atoms with van der Waals surface area (Å²) in [5.41, 5.74) is 0.539. The zero-order valence-corrected chi connectivity index (χ0v) is 10.7. The minimum atomic E-state index is -0.807. The van der Waals surface area contributed by atoms with Crippen LogP contribution in [0.5, 0.6) is 0 Å². The summed E-state index contributed by atoms with van der Waals surface area (Å²) in [6.45, 7) is -0.137. The van der Waals surface area contributed by atoms with Crippen LogP contribution in [-0.2, 0) is 16.2 Å². The second kappa shape index (κ2) is 7.78. The summed E-state index contributed by atoms with van der Waals surface area (Å²) in [5, 5.41) is 22.1. The van der Waals surface area contributed by atoms with Gasteiger partial charge in [-0.2, -0.15) is 0 Å². The van der Waals surface area contributed by atoms with Gasteiger partial charge in [0.1, 0.15) is 0 Å². The van der Waals surface area contributed by atoms with Gasteiger partial charge in [0.15, 0.2) is 5.13 Å². The van der Waals surface area contributed by atoms with E-state index in [-0.39, 0.29) is 18.9 Å². The third-order valence-corrected chi connectivity index (χ3v) is 3.06. The number of carboxylic acid groups (broad SMARTS) is 1. The summed E-state index contributed by atoms with van der Waals surface area (Å²) in [4.78, 5) is 25.7. The smallest absolute Gasteiger partial charge is 0.303 e. The molecule has 0 aliphatic heterocycles. The Balaban J connectivity index is 2.15. The van der Waals surface area contributed by atoms with Crippen LogP contribution in [0.25, 0.3) is 0 Å². The largest absolute Gasteiger partial charge is 0.481 e. The molecule has 1 aromatic heterocycles. The highest BCUT2D eigenvalue weighted by Crippen LogP contribution is 2.15. The molecule has 0 bridgehead atoms. The first-order valence-corrected chi connectivity index (χ1v) is 6.56. The van der Waals surface area contributed by atoms with Gasteiger partial charge in [-0.3, -0.25) is 9.59 Å². The Bertz CT molecular complexity index is 406. The molecule has 0 aliphatic rings. The number of hydrogen-bond donors (Lipinski definition) is 3. The third kappa shape index (κ3) is 5.74. The van der Waals surface area contributed by atoms with Crippen LogP contribution < -0.4 is 5.32 Å². The molecule has 1 rings (SSSR count). The average Bonchev–Trinajstić information content (AvgIpc) is 2.76. The third-order valence-electron chi connectivity index (χ3n) is 2.25. The number of thiazole rings is 1. The number of carbonyl (C=O) groups excluding carboxylic acids is 1. The number of carboxylic acids is 1. The van der Waals surface area contributed by atoms with Crippen molar-refractivity contribution < 1.29 is 19.8 Å². The van der Waals surface area contributed by atoms with Crippen molar-refractivity contribution in [3.05, 3.63) is 11.1 Å². The SMILES string of the molecule is O=C(O)CCCCCC(=O)Nc1nc(CO)cs1. The van der Waals surface area contributed by atoms with Gasteiger partial charge in [0.05, 0.1) is 12.3 Å². The summed E-state index contributed by atoms with van der Waals surface area (Å²) in [6, 6.07) is 0. The van der Waals surface area contributed by atoms with Gasteiger partial charge in [-0.25, -0.2) is 4.98 Å². The van der Waals surface area contributed by atoms with E-state index in [4.69, 9.17) is 10.2 Å². The lowest BCUT2D eigenvalue weighted by Gasteiger charge is -2.01. The molecule has 1 aromatic rings. The van der Waals surface area contributed by atoms with Crippen LogP contribution in [0.1, 0.15) is 37.8 Å². The zero-order valence-electron chi connectivity index (χ0n) is 9.89. The minimum Gasteiger partial charge on any atom is -0.481 e. The van der Waals surface area contributed by atoms with E-state index in [0.29, 0.717) is 30.1 Å². The average molecular weight is 272 g/mol. The van der Waals surface area contributed by atoms with Crippen molar-refractivity contribution >= 4 is 28.3 Å². The predicted octanol–water partition coefficient (Wildman–Crippen LogP) is 1.61. The molecule has 0 unspecified atom stereocenters. The van der Waals surface area contributed by atoms with E-state index in [2.05, 4.69) is 10.3 Å². The van der Waals surface area contributed by atoms with Gasteiger partial charge in [-0.05, 0) is 12.8 Å². The van der Waals surface area contributed by atoms with Gasteiger partial charge in [-0.1, -0.05) is 6.42 Å². The van der Waals surface area contributed by atoms with Crippen LogP contribution >= 0.6 is 11.3 Å². The maximum Gasteiger partial charge on any atom is 0.303 e. The van der Waals surface area contributed by atoms with Gasteiger partial charge in [-0.15, -0.1) is 11.3 Å². The lowest BCUT2D eigenvalue weighted by Crippen LogP contribution is -2.11. The van der Waals surface area contributed by atoms with E-state index < -0.39 is 5.97 Å². The number of aromatic nitrogens is 1. The highest BCUT2D eigenvalue weighted by atomic mass is 32.1. The fourth-order valence-corrected chi connectivity index (χ4v) is 2.07. The standard InChI is InChI=1S/C11H16N2O4S/c14-6-8-7-18-11(12-8)13-9(15)4-2-1-3-5-10(16)17/h7,14H,1-6H2,(H,16,17)(H,12,13,15). The van der Waals surface area contributed by atoms with Crippen LogP contribution in [0.3, 0.4) is 0 Å². The molecule has 0 atom stereocenters. The Labute approximate surface area is 109 Å². The van der Waals surface area contributed by atoms with Gasteiger partial charge in [0.25, 0.3) is 0 Å². The fourth-order valence-electron chi connectivity index (χ4n) is 1.36. The molecular weight excluding hydrogens is 256 g/mol. The molecule has 1 heterocycles. The Hall–Kier alpha value is -1.47. The summed E-state index contributed by atoms with van der Waals surface area (Å²) in [7, 11) is 0. The number of nitrogens with zero attached hydrogens (tertiary/aromatic N) is 1. The van der Waals surface area contributed by atoms with Crippen LogP contribution in [0.2, 0.25) is 0 Å². The summed E-state index contributed by atoms with van der Waals surface area (Å²) in [5.74, 6) is -0.942. The Morgan fingerprint density at radius 1 is 1.28 bits per heavy atom. The number of unbranched alkanes of at least 4 members (excludes halogenated alkanes) is 2. The van der Waals surface area contributed by atoms with Crippen molar-refractivity contribution in [2.24, 2.45) is 0 Å².